The number of hydrogen-bond acceptors (Lipinski definition) is 5. The SMILES string of the molecule is CN1CCC2=C(CC1)c1cc(O)ccc1Sc1ccccc12.CS(=O)(=O)O. The lowest BCUT2D eigenvalue weighted by atomic mass is 9.91. The highest BCUT2D eigenvalue weighted by molar-refractivity contribution is 7.99. The molecule has 0 bridgehead atoms. The first-order chi connectivity index (χ1) is 12.7. The molecule has 0 spiro atoms. The van der Waals surface area contributed by atoms with Gasteiger partial charge in [-0.3, -0.25) is 4.55 Å². The molecule has 2 aromatic carbocycles. The predicted molar refractivity (Wildman–Crippen MR) is 110 cm³/mol. The first-order valence-electron chi connectivity index (χ1n) is 8.66. The standard InChI is InChI=1S/C19H19NOS.CH4O3S/c1-20-10-8-14-15(9-11-20)17-12-13(21)6-7-19(17)22-18-5-3-2-4-16(14)18;1-5(2,3)4/h2-7,12,21H,8-11H2,1H3;1H3,(H,2,3,4). The van der Waals surface area contributed by atoms with Crippen molar-refractivity contribution in [3.63, 3.8) is 0 Å². The summed E-state index contributed by atoms with van der Waals surface area (Å²) in [5.74, 6) is 0.356. The van der Waals surface area contributed by atoms with Gasteiger partial charge in [-0.05, 0) is 66.4 Å². The average Bonchev–Trinajstić information content (AvgIpc) is 2.84. The average molecular weight is 406 g/mol. The highest BCUT2D eigenvalue weighted by atomic mass is 32.2. The smallest absolute Gasteiger partial charge is 0.261 e. The van der Waals surface area contributed by atoms with Crippen LogP contribution in [0.15, 0.2) is 52.3 Å². The van der Waals surface area contributed by atoms with Crippen molar-refractivity contribution in [3.05, 3.63) is 53.6 Å². The van der Waals surface area contributed by atoms with Crippen LogP contribution in [0.2, 0.25) is 0 Å². The number of fused-ring (bicyclic) bond motifs is 4. The molecule has 144 valence electrons. The van der Waals surface area contributed by atoms with Gasteiger partial charge >= 0.3 is 0 Å². The Hall–Kier alpha value is -1.80. The van der Waals surface area contributed by atoms with Crippen LogP contribution in [0.3, 0.4) is 0 Å². The lowest BCUT2D eigenvalue weighted by Gasteiger charge is -2.14. The van der Waals surface area contributed by atoms with Crippen molar-refractivity contribution in [2.24, 2.45) is 0 Å². The fraction of sp³-hybridized carbons (Fsp3) is 0.300. The molecule has 0 aromatic heterocycles. The molecule has 0 unspecified atom stereocenters. The molecule has 2 aliphatic rings. The maximum Gasteiger partial charge on any atom is 0.261 e. The summed E-state index contributed by atoms with van der Waals surface area (Å²) in [6.45, 7) is 2.16. The Morgan fingerprint density at radius 3 is 2.19 bits per heavy atom. The molecule has 0 saturated heterocycles. The summed E-state index contributed by atoms with van der Waals surface area (Å²) in [6.07, 6.45) is 2.82. The Morgan fingerprint density at radius 1 is 0.963 bits per heavy atom. The van der Waals surface area contributed by atoms with Crippen molar-refractivity contribution in [3.8, 4) is 5.75 Å². The predicted octanol–water partition coefficient (Wildman–Crippen LogP) is 4.00. The van der Waals surface area contributed by atoms with Crippen LogP contribution in [0.25, 0.3) is 11.1 Å². The summed E-state index contributed by atoms with van der Waals surface area (Å²) in [5, 5.41) is 9.97. The summed E-state index contributed by atoms with van der Waals surface area (Å²) >= 11 is 1.82. The Kier molecular flexibility index (Phi) is 5.95. The van der Waals surface area contributed by atoms with E-state index in [0.717, 1.165) is 25.9 Å². The van der Waals surface area contributed by atoms with Gasteiger partial charge in [-0.25, -0.2) is 0 Å². The molecule has 0 amide bonds. The molecule has 27 heavy (non-hydrogen) atoms. The second-order valence-electron chi connectivity index (χ2n) is 6.77. The number of phenolic OH excluding ortho intramolecular Hbond substituents is 1. The van der Waals surface area contributed by atoms with Crippen molar-refractivity contribution < 1.29 is 18.1 Å². The van der Waals surface area contributed by atoms with E-state index < -0.39 is 10.1 Å². The second kappa shape index (κ2) is 8.06. The molecule has 2 heterocycles. The van der Waals surface area contributed by atoms with Gasteiger partial charge < -0.3 is 10.0 Å². The van der Waals surface area contributed by atoms with Crippen LogP contribution < -0.4 is 0 Å². The zero-order valence-electron chi connectivity index (χ0n) is 15.3. The molecular weight excluding hydrogens is 382 g/mol. The Labute approximate surface area is 164 Å². The summed E-state index contributed by atoms with van der Waals surface area (Å²) in [4.78, 5) is 4.97. The van der Waals surface area contributed by atoms with Crippen molar-refractivity contribution in [1.82, 2.24) is 4.90 Å². The van der Waals surface area contributed by atoms with E-state index in [1.807, 2.05) is 17.8 Å². The molecule has 5 nitrogen and oxygen atoms in total. The lowest BCUT2D eigenvalue weighted by molar-refractivity contribution is 0.356. The maximum absolute atomic E-state index is 9.97. The van der Waals surface area contributed by atoms with E-state index in [1.54, 1.807) is 6.07 Å². The zero-order valence-corrected chi connectivity index (χ0v) is 17.0. The van der Waals surface area contributed by atoms with E-state index in [4.69, 9.17) is 4.55 Å². The molecule has 0 atom stereocenters. The van der Waals surface area contributed by atoms with Crippen molar-refractivity contribution in [2.75, 3.05) is 26.4 Å². The van der Waals surface area contributed by atoms with Crippen molar-refractivity contribution in [1.29, 1.82) is 0 Å². The molecule has 0 aliphatic carbocycles. The molecule has 2 aromatic rings. The van der Waals surface area contributed by atoms with Crippen LogP contribution in [0, 0.1) is 0 Å². The first kappa shape index (κ1) is 19.9. The van der Waals surface area contributed by atoms with E-state index in [2.05, 4.69) is 42.3 Å². The van der Waals surface area contributed by atoms with Gasteiger partial charge in [-0.1, -0.05) is 30.0 Å². The minimum absolute atomic E-state index is 0.356. The van der Waals surface area contributed by atoms with Gasteiger partial charge in [0.05, 0.1) is 6.26 Å². The molecule has 2 N–H and O–H groups in total. The van der Waals surface area contributed by atoms with Gasteiger partial charge in [0.2, 0.25) is 0 Å². The Balaban J connectivity index is 0.000000376. The van der Waals surface area contributed by atoms with Crippen LogP contribution in [0.4, 0.5) is 0 Å². The highest BCUT2D eigenvalue weighted by Gasteiger charge is 2.24. The molecule has 0 fully saturated rings. The van der Waals surface area contributed by atoms with Crippen LogP contribution in [0.5, 0.6) is 5.75 Å². The van der Waals surface area contributed by atoms with Crippen LogP contribution in [-0.2, 0) is 10.1 Å². The minimum Gasteiger partial charge on any atom is -0.508 e. The highest BCUT2D eigenvalue weighted by Crippen LogP contribution is 2.47. The number of hydrogen-bond donors (Lipinski definition) is 2. The third kappa shape index (κ3) is 5.13. The second-order valence-corrected chi connectivity index (χ2v) is 9.32. The molecule has 0 saturated carbocycles. The first-order valence-corrected chi connectivity index (χ1v) is 11.3. The molecule has 7 heteroatoms. The molecule has 0 radical (unpaired) electrons. The molecule has 4 rings (SSSR count). The van der Waals surface area contributed by atoms with E-state index in [-0.39, 0.29) is 0 Å². The summed E-state index contributed by atoms with van der Waals surface area (Å²) in [7, 11) is -1.48. The third-order valence-electron chi connectivity index (χ3n) is 4.57. The number of phenols is 1. The number of aromatic hydroxyl groups is 1. The van der Waals surface area contributed by atoms with Gasteiger partial charge in [0.15, 0.2) is 0 Å². The monoisotopic (exact) mass is 405 g/mol. The minimum atomic E-state index is -3.67. The van der Waals surface area contributed by atoms with Crippen LogP contribution >= 0.6 is 11.8 Å². The normalized spacial score (nSPS) is 16.9. The topological polar surface area (TPSA) is 77.8 Å². The van der Waals surface area contributed by atoms with Gasteiger partial charge in [0, 0.05) is 22.9 Å². The van der Waals surface area contributed by atoms with Gasteiger partial charge in [0.25, 0.3) is 10.1 Å². The van der Waals surface area contributed by atoms with Gasteiger partial charge in [-0.2, -0.15) is 8.42 Å². The maximum atomic E-state index is 9.97. The molecule has 2 aliphatic heterocycles. The lowest BCUT2D eigenvalue weighted by Crippen LogP contribution is -2.19. The fourth-order valence-electron chi connectivity index (χ4n) is 3.38. The number of nitrogens with zero attached hydrogens (tertiary/aromatic N) is 1. The van der Waals surface area contributed by atoms with Crippen molar-refractivity contribution in [2.45, 2.75) is 22.6 Å². The fourth-order valence-corrected chi connectivity index (χ4v) is 4.49. The number of rotatable bonds is 0. The van der Waals surface area contributed by atoms with E-state index in [1.165, 1.54) is 32.1 Å². The van der Waals surface area contributed by atoms with Crippen LogP contribution in [0.1, 0.15) is 24.0 Å². The van der Waals surface area contributed by atoms with E-state index in [0.29, 0.717) is 12.0 Å². The zero-order chi connectivity index (χ0) is 19.6. The Morgan fingerprint density at radius 2 is 1.52 bits per heavy atom. The van der Waals surface area contributed by atoms with Gasteiger partial charge in [0.1, 0.15) is 5.75 Å². The van der Waals surface area contributed by atoms with Crippen molar-refractivity contribution >= 4 is 33.0 Å². The summed E-state index contributed by atoms with van der Waals surface area (Å²) in [5.41, 5.74) is 5.45. The molecular formula is C20H23NO4S2. The quantitative estimate of drug-likeness (QED) is 0.645. The third-order valence-corrected chi connectivity index (χ3v) is 5.72. The van der Waals surface area contributed by atoms with Gasteiger partial charge in [-0.15, -0.1) is 0 Å². The summed E-state index contributed by atoms with van der Waals surface area (Å²) < 4.78 is 25.9. The Bertz CT molecular complexity index is 975. The largest absolute Gasteiger partial charge is 0.508 e. The van der Waals surface area contributed by atoms with Crippen LogP contribution in [-0.4, -0.2) is 49.4 Å². The van der Waals surface area contributed by atoms with E-state index >= 15 is 0 Å². The number of benzene rings is 2. The van der Waals surface area contributed by atoms with E-state index in [9.17, 15) is 13.5 Å². The summed E-state index contributed by atoms with van der Waals surface area (Å²) in [6, 6.07) is 14.5.